The smallest absolute Gasteiger partial charge is 0.329 e. The van der Waals surface area contributed by atoms with E-state index in [1.807, 2.05) is 6.92 Å². The number of nitrogens with one attached hydrogen (secondary N) is 4. The Hall–Kier alpha value is -4.48. The van der Waals surface area contributed by atoms with Crippen LogP contribution in [0, 0.1) is 22.5 Å². The van der Waals surface area contributed by atoms with Crippen molar-refractivity contribution in [3.8, 4) is 11.5 Å². The number of carbonyl (C=O) groups is 1. The van der Waals surface area contributed by atoms with Gasteiger partial charge in [-0.3, -0.25) is 14.8 Å². The molecule has 196 valence electrons. The fraction of sp³-hybridized carbons (Fsp3) is 0.280. The molecule has 0 fully saturated rings. The number of rotatable bonds is 11. The molecule has 2 heterocycles. The molecule has 0 saturated carbocycles. The Morgan fingerprint density at radius 2 is 1.81 bits per heavy atom. The first-order valence-electron chi connectivity index (χ1n) is 11.3. The molecule has 10 nitrogen and oxygen atoms in total. The van der Waals surface area contributed by atoms with Crippen LogP contribution in [0.3, 0.4) is 0 Å². The number of halogens is 2. The van der Waals surface area contributed by atoms with Gasteiger partial charge < -0.3 is 30.9 Å². The molecule has 12 heteroatoms. The minimum Gasteiger partial charge on any atom is -0.493 e. The predicted molar refractivity (Wildman–Crippen MR) is 139 cm³/mol. The highest BCUT2D eigenvalue weighted by atomic mass is 19.1. The zero-order chi connectivity index (χ0) is 27.1. The largest absolute Gasteiger partial charge is 0.493 e. The maximum Gasteiger partial charge on any atom is 0.329 e. The number of hydrogen-bond donors (Lipinski definition) is 4. The second-order valence-electron chi connectivity index (χ2n) is 7.86. The van der Waals surface area contributed by atoms with Crippen molar-refractivity contribution < 1.29 is 23.0 Å². The third kappa shape index (κ3) is 5.37. The quantitative estimate of drug-likeness (QED) is 0.340. The monoisotopic (exact) mass is 513 g/mol. The summed E-state index contributed by atoms with van der Waals surface area (Å²) in [5.41, 5.74) is 1.65. The molecule has 1 aromatic carbocycles. The van der Waals surface area contributed by atoms with Crippen molar-refractivity contribution >= 4 is 35.4 Å². The molecule has 0 bridgehead atoms. The Labute approximate surface area is 213 Å². The summed E-state index contributed by atoms with van der Waals surface area (Å²) in [6.07, 6.45) is 6.89. The molecule has 1 aliphatic rings. The first-order valence-corrected chi connectivity index (χ1v) is 11.3. The highest BCUT2D eigenvalue weighted by molar-refractivity contribution is 6.10. The second kappa shape index (κ2) is 12.0. The third-order valence-corrected chi connectivity index (χ3v) is 5.63. The Kier molecular flexibility index (Phi) is 8.77. The maximum atomic E-state index is 15.4. The van der Waals surface area contributed by atoms with E-state index in [-0.39, 0.29) is 24.6 Å². The number of urea groups is 1. The molecule has 4 N–H and O–H groups in total. The summed E-state index contributed by atoms with van der Waals surface area (Å²) < 4.78 is 40.8. The van der Waals surface area contributed by atoms with Crippen molar-refractivity contribution in [3.05, 3.63) is 59.2 Å². The number of carbonyl (C=O) groups excluding carboxylic acids is 1. The topological polar surface area (TPSA) is 127 Å². The van der Waals surface area contributed by atoms with Gasteiger partial charge in [-0.05, 0) is 13.0 Å². The first-order chi connectivity index (χ1) is 17.8. The van der Waals surface area contributed by atoms with Gasteiger partial charge in [0.15, 0.2) is 23.1 Å². The molecule has 1 aliphatic heterocycles. The molecule has 0 saturated heterocycles. The fourth-order valence-corrected chi connectivity index (χ4v) is 3.82. The van der Waals surface area contributed by atoms with Crippen LogP contribution in [0.4, 0.5) is 25.0 Å². The van der Waals surface area contributed by atoms with Crippen molar-refractivity contribution in [2.45, 2.75) is 13.5 Å². The number of benzene rings is 1. The van der Waals surface area contributed by atoms with Crippen LogP contribution in [0.2, 0.25) is 0 Å². The first kappa shape index (κ1) is 27.1. The molecule has 37 heavy (non-hydrogen) atoms. The van der Waals surface area contributed by atoms with Crippen molar-refractivity contribution in [2.75, 3.05) is 44.2 Å². The summed E-state index contributed by atoms with van der Waals surface area (Å²) in [6.45, 7) is 2.23. The molecule has 2 amide bonds. The van der Waals surface area contributed by atoms with Crippen molar-refractivity contribution in [2.24, 2.45) is 0 Å². The van der Waals surface area contributed by atoms with Gasteiger partial charge >= 0.3 is 6.03 Å². The van der Waals surface area contributed by atoms with Gasteiger partial charge in [0.25, 0.3) is 0 Å². The van der Waals surface area contributed by atoms with E-state index in [4.69, 9.17) is 20.3 Å². The molecule has 0 aliphatic carbocycles. The maximum absolute atomic E-state index is 15.4. The number of hydrogen-bond acceptors (Lipinski definition) is 8. The van der Waals surface area contributed by atoms with Crippen molar-refractivity contribution in [1.82, 2.24) is 15.6 Å². The van der Waals surface area contributed by atoms with Gasteiger partial charge in [0.1, 0.15) is 5.69 Å². The van der Waals surface area contributed by atoms with Crippen LogP contribution in [-0.2, 0) is 6.54 Å². The van der Waals surface area contributed by atoms with Crippen LogP contribution in [0.25, 0.3) is 5.57 Å². The average Bonchev–Trinajstić information content (AvgIpc) is 2.91. The number of fused-ring (bicyclic) bond motifs is 1. The lowest BCUT2D eigenvalue weighted by Crippen LogP contribution is -2.49. The lowest BCUT2D eigenvalue weighted by atomic mass is 10.1. The lowest BCUT2D eigenvalue weighted by Gasteiger charge is -2.37. The van der Waals surface area contributed by atoms with E-state index in [1.54, 1.807) is 25.5 Å². The third-order valence-electron chi connectivity index (χ3n) is 5.63. The van der Waals surface area contributed by atoms with Gasteiger partial charge in [0, 0.05) is 67.4 Å². The van der Waals surface area contributed by atoms with E-state index in [0.717, 1.165) is 23.4 Å². The van der Waals surface area contributed by atoms with Gasteiger partial charge in [-0.15, -0.1) is 0 Å². The minimum atomic E-state index is -1.05. The van der Waals surface area contributed by atoms with Gasteiger partial charge in [-0.1, -0.05) is 0 Å². The highest BCUT2D eigenvalue weighted by Gasteiger charge is 2.37. The average molecular weight is 514 g/mol. The molecular formula is C25H29F2N7O3. The normalized spacial score (nSPS) is 13.7. The van der Waals surface area contributed by atoms with Gasteiger partial charge in [-0.25, -0.2) is 13.6 Å². The predicted octanol–water partition coefficient (Wildman–Crippen LogP) is 3.68. The number of aromatic nitrogens is 1. The van der Waals surface area contributed by atoms with Crippen LogP contribution in [0.15, 0.2) is 36.3 Å². The summed E-state index contributed by atoms with van der Waals surface area (Å²) in [6, 6.07) is 1.98. The van der Waals surface area contributed by atoms with Crippen LogP contribution < -0.4 is 29.9 Å². The number of anilines is 2. The van der Waals surface area contributed by atoms with E-state index >= 15 is 8.78 Å². The van der Waals surface area contributed by atoms with E-state index in [1.165, 1.54) is 25.3 Å². The second-order valence-corrected chi connectivity index (χ2v) is 7.86. The number of methoxy groups -OCH3 is 2. The van der Waals surface area contributed by atoms with Crippen molar-refractivity contribution in [3.63, 3.8) is 0 Å². The standard InChI is InChI=1S/C25H29F2N7O3/c1-5-31-10-15(8-28)13-33-19-6-18(16(9-29)11-30-2)32-12-17(19)14-34(25(33)35)24-22(26)20(36-3)7-21(37-4)23(24)27/h6-12,28-31H,5,13-14H2,1-4H3/b15-10+,16-11+,28-8?,29-9?. The molecule has 3 rings (SSSR count). The minimum absolute atomic E-state index is 0.0672. The van der Waals surface area contributed by atoms with Gasteiger partial charge in [0.05, 0.1) is 38.7 Å². The molecular weight excluding hydrogens is 484 g/mol. The highest BCUT2D eigenvalue weighted by Crippen LogP contribution is 2.41. The molecule has 0 unspecified atom stereocenters. The Morgan fingerprint density at radius 3 is 2.35 bits per heavy atom. The summed E-state index contributed by atoms with van der Waals surface area (Å²) in [7, 11) is 4.14. The molecule has 0 radical (unpaired) electrons. The summed E-state index contributed by atoms with van der Waals surface area (Å²) in [4.78, 5) is 20.5. The van der Waals surface area contributed by atoms with Gasteiger partial charge in [0.2, 0.25) is 0 Å². The summed E-state index contributed by atoms with van der Waals surface area (Å²) >= 11 is 0. The SMILES string of the molecule is CCN/C=C(\C=N)CN1C(=O)N(c2c(F)c(OC)cc(OC)c2F)Cc2cnc(/C(C=N)=C/NC)cc21. The molecule has 0 spiro atoms. The number of amides is 2. The van der Waals surface area contributed by atoms with Crippen LogP contribution in [-0.4, -0.2) is 57.8 Å². The van der Waals surface area contributed by atoms with Gasteiger partial charge in [-0.2, -0.15) is 0 Å². The Balaban J connectivity index is 2.22. The van der Waals surface area contributed by atoms with E-state index < -0.39 is 23.4 Å². The number of nitrogens with zero attached hydrogens (tertiary/aromatic N) is 3. The van der Waals surface area contributed by atoms with Crippen LogP contribution in [0.5, 0.6) is 11.5 Å². The van der Waals surface area contributed by atoms with E-state index in [2.05, 4.69) is 15.6 Å². The Bertz CT molecular complexity index is 1240. The summed E-state index contributed by atoms with van der Waals surface area (Å²) in [5.74, 6) is -2.68. The molecule has 2 aromatic rings. The molecule has 1 aromatic heterocycles. The lowest BCUT2D eigenvalue weighted by molar-refractivity contribution is 0.250. The zero-order valence-electron chi connectivity index (χ0n) is 21.0. The number of allylic oxidation sites excluding steroid dienone is 1. The van der Waals surface area contributed by atoms with Crippen molar-refractivity contribution in [1.29, 1.82) is 10.8 Å². The van der Waals surface area contributed by atoms with E-state index in [9.17, 15) is 4.79 Å². The number of pyridine rings is 1. The summed E-state index contributed by atoms with van der Waals surface area (Å²) in [5, 5.41) is 21.3. The Morgan fingerprint density at radius 1 is 1.14 bits per heavy atom. The molecule has 0 atom stereocenters. The fourth-order valence-electron chi connectivity index (χ4n) is 3.82. The zero-order valence-corrected chi connectivity index (χ0v) is 21.0. The van der Waals surface area contributed by atoms with Crippen LogP contribution in [0.1, 0.15) is 18.2 Å². The number of ether oxygens (including phenoxy) is 2. The van der Waals surface area contributed by atoms with Crippen LogP contribution >= 0.6 is 0 Å². The van der Waals surface area contributed by atoms with E-state index in [0.29, 0.717) is 34.6 Å².